The molecule has 1 saturated carbocycles. The molecular formula is C35H42N4O6. The molecule has 2 atom stereocenters. The molecule has 5 rings (SSSR count). The van der Waals surface area contributed by atoms with E-state index in [-0.39, 0.29) is 25.2 Å². The molecule has 1 aliphatic heterocycles. The number of fused-ring (bicyclic) bond motifs is 1. The number of anilines is 1. The largest absolute Gasteiger partial charge is 0.378 e. The SMILES string of the molecule is O=C(Nc1ccc2ccccc2c1)C(=O)C(COCc1ccccc1)NC(=O)[C@H](CC1CCCCC1)NC(=O)N1CCOCC1. The highest BCUT2D eigenvalue weighted by molar-refractivity contribution is 6.42. The van der Waals surface area contributed by atoms with Gasteiger partial charge in [-0.1, -0.05) is 92.8 Å². The van der Waals surface area contributed by atoms with E-state index in [4.69, 9.17) is 9.47 Å². The van der Waals surface area contributed by atoms with Crippen molar-refractivity contribution in [3.8, 4) is 0 Å². The summed E-state index contributed by atoms with van der Waals surface area (Å²) in [6.45, 7) is 1.74. The van der Waals surface area contributed by atoms with Crippen LogP contribution >= 0.6 is 0 Å². The smallest absolute Gasteiger partial charge is 0.318 e. The minimum atomic E-state index is -1.25. The topological polar surface area (TPSA) is 126 Å². The fourth-order valence-electron chi connectivity index (χ4n) is 5.94. The first-order valence-corrected chi connectivity index (χ1v) is 15.9. The minimum absolute atomic E-state index is 0.200. The summed E-state index contributed by atoms with van der Waals surface area (Å²) in [6, 6.07) is 20.1. The van der Waals surface area contributed by atoms with Crippen molar-refractivity contribution in [1.29, 1.82) is 0 Å². The van der Waals surface area contributed by atoms with Crippen molar-refractivity contribution < 1.29 is 28.7 Å². The van der Waals surface area contributed by atoms with E-state index < -0.39 is 29.7 Å². The van der Waals surface area contributed by atoms with Crippen LogP contribution in [0.4, 0.5) is 10.5 Å². The van der Waals surface area contributed by atoms with Crippen molar-refractivity contribution in [3.63, 3.8) is 0 Å². The van der Waals surface area contributed by atoms with E-state index >= 15 is 0 Å². The van der Waals surface area contributed by atoms with E-state index in [1.807, 2.05) is 60.7 Å². The maximum atomic E-state index is 13.8. The number of ketones is 1. The van der Waals surface area contributed by atoms with Gasteiger partial charge >= 0.3 is 6.03 Å². The Morgan fingerprint density at radius 1 is 0.822 bits per heavy atom. The quantitative estimate of drug-likeness (QED) is 0.259. The molecule has 1 heterocycles. The van der Waals surface area contributed by atoms with Crippen LogP contribution < -0.4 is 16.0 Å². The van der Waals surface area contributed by atoms with Gasteiger partial charge < -0.3 is 30.3 Å². The van der Waals surface area contributed by atoms with Crippen LogP contribution in [0.25, 0.3) is 10.8 Å². The average Bonchev–Trinajstić information content (AvgIpc) is 3.08. The van der Waals surface area contributed by atoms with E-state index in [9.17, 15) is 19.2 Å². The number of urea groups is 1. The third kappa shape index (κ3) is 9.36. The van der Waals surface area contributed by atoms with Gasteiger partial charge in [-0.05, 0) is 40.8 Å². The van der Waals surface area contributed by atoms with Crippen molar-refractivity contribution in [1.82, 2.24) is 15.5 Å². The summed E-state index contributed by atoms with van der Waals surface area (Å²) < 4.78 is 11.2. The number of nitrogens with zero attached hydrogens (tertiary/aromatic N) is 1. The first kappa shape index (κ1) is 32.1. The summed E-state index contributed by atoms with van der Waals surface area (Å²) in [5.41, 5.74) is 1.36. The number of amides is 4. The first-order chi connectivity index (χ1) is 22.0. The number of ether oxygens (including phenoxy) is 2. The Balaban J connectivity index is 1.30. The first-order valence-electron chi connectivity index (χ1n) is 15.9. The molecular weight excluding hydrogens is 572 g/mol. The Morgan fingerprint density at radius 3 is 2.29 bits per heavy atom. The molecule has 1 saturated heterocycles. The van der Waals surface area contributed by atoms with Gasteiger partial charge in [-0.25, -0.2) is 4.79 Å². The number of hydrogen-bond donors (Lipinski definition) is 3. The Labute approximate surface area is 263 Å². The van der Waals surface area contributed by atoms with Crippen LogP contribution in [0.1, 0.15) is 44.1 Å². The highest BCUT2D eigenvalue weighted by atomic mass is 16.5. The summed E-state index contributed by atoms with van der Waals surface area (Å²) in [7, 11) is 0. The van der Waals surface area contributed by atoms with Crippen LogP contribution in [0.2, 0.25) is 0 Å². The molecule has 10 nitrogen and oxygen atoms in total. The van der Waals surface area contributed by atoms with E-state index in [1.165, 1.54) is 0 Å². The zero-order valence-corrected chi connectivity index (χ0v) is 25.5. The fourth-order valence-corrected chi connectivity index (χ4v) is 5.94. The lowest BCUT2D eigenvalue weighted by molar-refractivity contribution is -0.139. The molecule has 0 aromatic heterocycles. The van der Waals surface area contributed by atoms with Crippen LogP contribution in [-0.4, -0.2) is 73.5 Å². The number of Topliss-reactive ketones (excluding diaryl/α,β-unsaturated/α-hetero) is 1. The molecule has 3 aromatic rings. The number of hydrogen-bond acceptors (Lipinski definition) is 6. The van der Waals surface area contributed by atoms with Crippen molar-refractivity contribution >= 4 is 40.1 Å². The third-order valence-electron chi connectivity index (χ3n) is 8.47. The van der Waals surface area contributed by atoms with Crippen LogP contribution in [0, 0.1) is 5.92 Å². The molecule has 2 fully saturated rings. The average molecular weight is 615 g/mol. The number of nitrogens with one attached hydrogen (secondary N) is 3. The number of carbonyl (C=O) groups excluding carboxylic acids is 4. The predicted octanol–water partition coefficient (Wildman–Crippen LogP) is 4.43. The van der Waals surface area contributed by atoms with E-state index in [0.29, 0.717) is 38.4 Å². The van der Waals surface area contributed by atoms with Gasteiger partial charge in [0.15, 0.2) is 0 Å². The minimum Gasteiger partial charge on any atom is -0.378 e. The van der Waals surface area contributed by atoms with Gasteiger partial charge in [0, 0.05) is 18.8 Å². The Morgan fingerprint density at radius 2 is 1.53 bits per heavy atom. The Kier molecular flexibility index (Phi) is 11.5. The van der Waals surface area contributed by atoms with Gasteiger partial charge in [0.25, 0.3) is 5.91 Å². The van der Waals surface area contributed by atoms with Gasteiger partial charge in [0.1, 0.15) is 12.1 Å². The monoisotopic (exact) mass is 614 g/mol. The van der Waals surface area contributed by atoms with Crippen molar-refractivity contribution in [2.45, 2.75) is 57.2 Å². The molecule has 3 N–H and O–H groups in total. The Bertz CT molecular complexity index is 1450. The summed E-state index contributed by atoms with van der Waals surface area (Å²) in [5.74, 6) is -1.93. The molecule has 1 unspecified atom stereocenters. The summed E-state index contributed by atoms with van der Waals surface area (Å²) in [6.07, 6.45) is 5.74. The van der Waals surface area contributed by atoms with Gasteiger partial charge in [0.2, 0.25) is 11.7 Å². The maximum Gasteiger partial charge on any atom is 0.318 e. The summed E-state index contributed by atoms with van der Waals surface area (Å²) >= 11 is 0. The normalized spacial score (nSPS) is 16.8. The van der Waals surface area contributed by atoms with E-state index in [0.717, 1.165) is 48.4 Å². The zero-order valence-electron chi connectivity index (χ0n) is 25.5. The van der Waals surface area contributed by atoms with Crippen molar-refractivity contribution in [3.05, 3.63) is 78.4 Å². The standard InChI is InChI=1S/C35H42N4O6/c40-32(34(42)36-29-16-15-27-13-7-8-14-28(27)22-29)31(24-45-23-26-11-5-2-6-12-26)37-33(41)30(21-25-9-3-1-4-10-25)38-35(43)39-17-19-44-20-18-39/h2,5-8,11-16,22,25,30-31H,1,3-4,9-10,17-21,23-24H2,(H,36,42)(H,37,41)(H,38,43)/t30-,31?/m0/s1. The molecule has 2 aliphatic rings. The molecule has 0 spiro atoms. The zero-order chi connectivity index (χ0) is 31.4. The lowest BCUT2D eigenvalue weighted by Crippen LogP contribution is -2.57. The Hall–Kier alpha value is -4.28. The molecule has 4 amide bonds. The highest BCUT2D eigenvalue weighted by Crippen LogP contribution is 2.27. The van der Waals surface area contributed by atoms with Gasteiger partial charge in [-0.2, -0.15) is 0 Å². The van der Waals surface area contributed by atoms with Gasteiger partial charge in [-0.3, -0.25) is 14.4 Å². The molecule has 1 aliphatic carbocycles. The van der Waals surface area contributed by atoms with Crippen LogP contribution in [0.15, 0.2) is 72.8 Å². The van der Waals surface area contributed by atoms with Crippen LogP contribution in [-0.2, 0) is 30.5 Å². The second-order valence-electron chi connectivity index (χ2n) is 11.8. The second-order valence-corrected chi connectivity index (χ2v) is 11.8. The molecule has 45 heavy (non-hydrogen) atoms. The van der Waals surface area contributed by atoms with Crippen molar-refractivity contribution in [2.24, 2.45) is 5.92 Å². The molecule has 3 aromatic carbocycles. The molecule has 10 heteroatoms. The van der Waals surface area contributed by atoms with Crippen molar-refractivity contribution in [2.75, 3.05) is 38.2 Å². The number of benzene rings is 3. The number of morpholine rings is 1. The lowest BCUT2D eigenvalue weighted by atomic mass is 9.84. The van der Waals surface area contributed by atoms with E-state index in [2.05, 4.69) is 16.0 Å². The highest BCUT2D eigenvalue weighted by Gasteiger charge is 2.33. The third-order valence-corrected chi connectivity index (χ3v) is 8.47. The summed E-state index contributed by atoms with van der Waals surface area (Å²) in [4.78, 5) is 55.3. The summed E-state index contributed by atoms with van der Waals surface area (Å²) in [5, 5.41) is 10.3. The van der Waals surface area contributed by atoms with Gasteiger partial charge in [0.05, 0.1) is 26.4 Å². The molecule has 0 radical (unpaired) electrons. The number of carbonyl (C=O) groups is 4. The van der Waals surface area contributed by atoms with Crippen LogP contribution in [0.5, 0.6) is 0 Å². The fraction of sp³-hybridized carbons (Fsp3) is 0.429. The number of rotatable bonds is 12. The van der Waals surface area contributed by atoms with E-state index in [1.54, 1.807) is 17.0 Å². The van der Waals surface area contributed by atoms with Gasteiger partial charge in [-0.15, -0.1) is 0 Å². The van der Waals surface area contributed by atoms with Crippen LogP contribution in [0.3, 0.4) is 0 Å². The molecule has 0 bridgehead atoms. The molecule has 238 valence electrons. The second kappa shape index (κ2) is 16.2. The maximum absolute atomic E-state index is 13.8. The predicted molar refractivity (Wildman–Crippen MR) is 172 cm³/mol. The lowest BCUT2D eigenvalue weighted by Gasteiger charge is -2.31.